The van der Waals surface area contributed by atoms with Crippen LogP contribution in [0.2, 0.25) is 20.1 Å². The summed E-state index contributed by atoms with van der Waals surface area (Å²) < 4.78 is 20.5. The number of esters is 1. The van der Waals surface area contributed by atoms with Crippen LogP contribution in [-0.2, 0) is 23.7 Å². The van der Waals surface area contributed by atoms with Crippen LogP contribution in [0.25, 0.3) is 0 Å². The Bertz CT molecular complexity index is 804. The van der Waals surface area contributed by atoms with Crippen LogP contribution in [0.15, 0.2) is 0 Å². The Balaban J connectivity index is 1.67. The van der Waals surface area contributed by atoms with Gasteiger partial charge in [0.05, 0.1) is 83.9 Å². The molecular weight excluding hydrogens is 512 g/mol. The number of halogens is 4. The molecule has 178 valence electrons. The van der Waals surface area contributed by atoms with Gasteiger partial charge in [-0.25, -0.2) is 0 Å². The normalized spacial score (nSPS) is 13.1. The molecule has 32 heavy (non-hydrogen) atoms. The lowest BCUT2D eigenvalue weighted by molar-refractivity contribution is -0.145. The smallest absolute Gasteiger partial charge is 0.307 e. The number of rotatable bonds is 14. The number of hydrogen-bond donors (Lipinski definition) is 1. The third-order valence-corrected chi connectivity index (χ3v) is 6.00. The van der Waals surface area contributed by atoms with Crippen LogP contribution in [0.1, 0.15) is 27.1 Å². The molecule has 0 atom stereocenters. The van der Waals surface area contributed by atoms with Crippen molar-refractivity contribution in [3.63, 3.8) is 0 Å². The summed E-state index contributed by atoms with van der Waals surface area (Å²) in [5.74, 6) is -2.04. The van der Waals surface area contributed by atoms with Crippen molar-refractivity contribution in [2.24, 2.45) is 0 Å². The van der Waals surface area contributed by atoms with E-state index in [0.717, 1.165) is 4.90 Å². The van der Waals surface area contributed by atoms with Crippen molar-refractivity contribution in [3.05, 3.63) is 31.2 Å². The van der Waals surface area contributed by atoms with Gasteiger partial charge in [0.2, 0.25) is 0 Å². The molecule has 0 aromatic heterocycles. The summed E-state index contributed by atoms with van der Waals surface area (Å²) >= 11 is 24.0. The minimum absolute atomic E-state index is 0.00341. The number of aliphatic hydroxyl groups excluding tert-OH is 1. The van der Waals surface area contributed by atoms with E-state index >= 15 is 0 Å². The molecule has 13 heteroatoms. The van der Waals surface area contributed by atoms with Crippen LogP contribution in [0.4, 0.5) is 0 Å². The van der Waals surface area contributed by atoms with E-state index in [1.54, 1.807) is 0 Å². The van der Waals surface area contributed by atoms with Crippen LogP contribution < -0.4 is 0 Å². The summed E-state index contributed by atoms with van der Waals surface area (Å²) in [5.41, 5.74) is -0.278. The molecule has 1 heterocycles. The highest BCUT2D eigenvalue weighted by atomic mass is 35.5. The second-order valence-electron chi connectivity index (χ2n) is 6.30. The number of benzene rings is 1. The number of ether oxygens (including phenoxy) is 4. The zero-order valence-electron chi connectivity index (χ0n) is 16.8. The van der Waals surface area contributed by atoms with Gasteiger partial charge in [0, 0.05) is 6.54 Å². The van der Waals surface area contributed by atoms with Gasteiger partial charge in [0.15, 0.2) is 0 Å². The molecule has 2 amide bonds. The summed E-state index contributed by atoms with van der Waals surface area (Å²) in [5, 5.41) is 7.96. The Hall–Kier alpha value is -1.17. The van der Waals surface area contributed by atoms with Gasteiger partial charge in [-0.15, -0.1) is 0 Å². The van der Waals surface area contributed by atoms with E-state index in [2.05, 4.69) is 0 Å². The Labute approximate surface area is 204 Å². The first-order valence-electron chi connectivity index (χ1n) is 9.53. The fraction of sp³-hybridized carbons (Fsp3) is 0.526. The SMILES string of the molecule is O=C(CCN1C(=O)c2c(Cl)c(Cl)c(Cl)c(Cl)c2C1=O)OCCOCCOCCOCCO. The van der Waals surface area contributed by atoms with E-state index < -0.39 is 17.8 Å². The largest absolute Gasteiger partial charge is 0.463 e. The van der Waals surface area contributed by atoms with E-state index in [0.29, 0.717) is 26.4 Å². The van der Waals surface area contributed by atoms with E-state index in [1.807, 2.05) is 0 Å². The highest BCUT2D eigenvalue weighted by Crippen LogP contribution is 2.44. The fourth-order valence-electron chi connectivity index (χ4n) is 2.69. The first-order valence-corrected chi connectivity index (χ1v) is 11.0. The zero-order chi connectivity index (χ0) is 23.7. The zero-order valence-corrected chi connectivity index (χ0v) is 19.9. The van der Waals surface area contributed by atoms with Gasteiger partial charge < -0.3 is 24.1 Å². The van der Waals surface area contributed by atoms with Gasteiger partial charge >= 0.3 is 5.97 Å². The lowest BCUT2D eigenvalue weighted by Gasteiger charge is -2.13. The average molecular weight is 533 g/mol. The number of aliphatic hydroxyl groups is 1. The molecule has 2 rings (SSSR count). The number of carbonyl (C=O) groups excluding carboxylic acids is 3. The molecule has 0 fully saturated rings. The molecule has 0 saturated carbocycles. The van der Waals surface area contributed by atoms with Crippen LogP contribution >= 0.6 is 46.4 Å². The molecule has 0 saturated heterocycles. The first-order chi connectivity index (χ1) is 15.3. The van der Waals surface area contributed by atoms with Gasteiger partial charge in [0.1, 0.15) is 6.61 Å². The molecular formula is C19H21Cl4NO8. The Morgan fingerprint density at radius 2 is 1.16 bits per heavy atom. The predicted octanol–water partition coefficient (Wildman–Crippen LogP) is 2.87. The number of hydrogen-bond acceptors (Lipinski definition) is 8. The second kappa shape index (κ2) is 13.5. The molecule has 9 nitrogen and oxygen atoms in total. The maximum Gasteiger partial charge on any atom is 0.307 e. The topological polar surface area (TPSA) is 112 Å². The third kappa shape index (κ3) is 6.91. The second-order valence-corrected chi connectivity index (χ2v) is 7.81. The highest BCUT2D eigenvalue weighted by Gasteiger charge is 2.41. The highest BCUT2D eigenvalue weighted by molar-refractivity contribution is 6.55. The van der Waals surface area contributed by atoms with Crippen LogP contribution in [0, 0.1) is 0 Å². The minimum atomic E-state index is -0.714. The third-order valence-electron chi connectivity index (χ3n) is 4.20. The molecule has 0 radical (unpaired) electrons. The van der Waals surface area contributed by atoms with Crippen LogP contribution in [-0.4, -0.2) is 87.2 Å². The predicted molar refractivity (Wildman–Crippen MR) is 117 cm³/mol. The fourth-order valence-corrected chi connectivity index (χ4v) is 3.71. The Morgan fingerprint density at radius 3 is 1.62 bits per heavy atom. The maximum atomic E-state index is 12.6. The van der Waals surface area contributed by atoms with Crippen molar-refractivity contribution in [2.75, 3.05) is 59.4 Å². The lowest BCUT2D eigenvalue weighted by Crippen LogP contribution is -2.32. The number of fused-ring (bicyclic) bond motifs is 1. The summed E-state index contributed by atoms with van der Waals surface area (Å²) in [4.78, 5) is 37.9. The molecule has 1 N–H and O–H groups in total. The van der Waals surface area contributed by atoms with Crippen molar-refractivity contribution < 1.29 is 38.4 Å². The average Bonchev–Trinajstić information content (AvgIpc) is 3.02. The molecule has 1 aromatic rings. The Kier molecular flexibility index (Phi) is 11.4. The minimum Gasteiger partial charge on any atom is -0.463 e. The number of imide groups is 1. The molecule has 1 aromatic carbocycles. The Morgan fingerprint density at radius 1 is 0.719 bits per heavy atom. The van der Waals surface area contributed by atoms with Crippen molar-refractivity contribution in [2.45, 2.75) is 6.42 Å². The van der Waals surface area contributed by atoms with Gasteiger partial charge in [-0.05, 0) is 0 Å². The lowest BCUT2D eigenvalue weighted by atomic mass is 10.1. The number of carbonyl (C=O) groups is 3. The van der Waals surface area contributed by atoms with Gasteiger partial charge in [-0.3, -0.25) is 19.3 Å². The summed E-state index contributed by atoms with van der Waals surface area (Å²) in [7, 11) is 0. The van der Waals surface area contributed by atoms with Crippen molar-refractivity contribution in [3.8, 4) is 0 Å². The molecule has 0 aliphatic carbocycles. The molecule has 0 unspecified atom stereocenters. The first kappa shape index (κ1) is 27.1. The standard InChI is InChI=1S/C19H21Cl4NO8/c20-14-12-13(15(21)17(23)16(14)22)19(28)24(18(12)27)2-1-11(26)32-10-9-31-8-7-30-6-5-29-4-3-25/h25H,1-10H2. The number of nitrogens with zero attached hydrogens (tertiary/aromatic N) is 1. The van der Waals surface area contributed by atoms with Crippen LogP contribution in [0.3, 0.4) is 0 Å². The van der Waals surface area contributed by atoms with E-state index in [9.17, 15) is 14.4 Å². The summed E-state index contributed by atoms with van der Waals surface area (Å²) in [6, 6.07) is 0. The molecule has 1 aliphatic rings. The maximum absolute atomic E-state index is 12.6. The number of amides is 2. The van der Waals surface area contributed by atoms with Crippen molar-refractivity contribution in [1.29, 1.82) is 0 Å². The van der Waals surface area contributed by atoms with Gasteiger partial charge in [0.25, 0.3) is 11.8 Å². The summed E-state index contributed by atoms with van der Waals surface area (Å²) in [6.45, 7) is 1.58. The molecule has 1 aliphatic heterocycles. The van der Waals surface area contributed by atoms with Gasteiger partial charge in [-0.2, -0.15) is 0 Å². The van der Waals surface area contributed by atoms with Crippen LogP contribution in [0.5, 0.6) is 0 Å². The van der Waals surface area contributed by atoms with E-state index in [-0.39, 0.29) is 70.6 Å². The monoisotopic (exact) mass is 531 g/mol. The van der Waals surface area contributed by atoms with E-state index in [4.69, 9.17) is 70.5 Å². The quantitative estimate of drug-likeness (QED) is 0.128. The molecule has 0 spiro atoms. The molecule has 0 bridgehead atoms. The summed E-state index contributed by atoms with van der Waals surface area (Å²) in [6.07, 6.45) is -0.223. The van der Waals surface area contributed by atoms with Gasteiger partial charge in [-0.1, -0.05) is 46.4 Å². The van der Waals surface area contributed by atoms with E-state index in [1.165, 1.54) is 0 Å². The van der Waals surface area contributed by atoms with Crippen molar-refractivity contribution >= 4 is 64.2 Å². The van der Waals surface area contributed by atoms with Crippen molar-refractivity contribution in [1.82, 2.24) is 4.90 Å².